The van der Waals surface area contributed by atoms with Crippen molar-refractivity contribution < 1.29 is 17.6 Å². The maximum absolute atomic E-state index is 13.8. The molecule has 0 spiro atoms. The summed E-state index contributed by atoms with van der Waals surface area (Å²) in [6, 6.07) is 8.05. The van der Waals surface area contributed by atoms with Gasteiger partial charge in [-0.3, -0.25) is 4.79 Å². The average molecular weight is 443 g/mol. The average Bonchev–Trinajstić information content (AvgIpc) is 3.40. The molecule has 1 saturated carbocycles. The molecule has 3 aromatic heterocycles. The van der Waals surface area contributed by atoms with Gasteiger partial charge in [0.1, 0.15) is 11.2 Å². The van der Waals surface area contributed by atoms with E-state index in [1.165, 1.54) is 0 Å². The van der Waals surface area contributed by atoms with E-state index in [1.54, 1.807) is 37.3 Å². The molecule has 10 heteroatoms. The lowest BCUT2D eigenvalue weighted by Crippen LogP contribution is -2.20. The van der Waals surface area contributed by atoms with Crippen LogP contribution in [0.15, 0.2) is 39.5 Å². The SMILES string of the molecule is Cc1[nH]c2c(-c3ccccc3)c(C(F)(F)F)nn2c(=O)c1-c1nnc(C2CCCCC2)o1. The van der Waals surface area contributed by atoms with Crippen molar-refractivity contribution in [1.29, 1.82) is 0 Å². The summed E-state index contributed by atoms with van der Waals surface area (Å²) in [5, 5.41) is 11.8. The molecule has 7 nitrogen and oxygen atoms in total. The lowest BCUT2D eigenvalue weighted by atomic mass is 9.89. The predicted octanol–water partition coefficient (Wildman–Crippen LogP) is 5.11. The third kappa shape index (κ3) is 3.39. The van der Waals surface area contributed by atoms with Crippen molar-refractivity contribution >= 4 is 5.65 Å². The minimum atomic E-state index is -4.75. The van der Waals surface area contributed by atoms with E-state index in [1.807, 2.05) is 0 Å². The molecule has 0 unspecified atom stereocenters. The van der Waals surface area contributed by atoms with E-state index in [9.17, 15) is 18.0 Å². The highest BCUT2D eigenvalue weighted by Crippen LogP contribution is 2.38. The van der Waals surface area contributed by atoms with Gasteiger partial charge in [0.15, 0.2) is 5.69 Å². The van der Waals surface area contributed by atoms with Crippen LogP contribution in [0.1, 0.15) is 55.3 Å². The summed E-state index contributed by atoms with van der Waals surface area (Å²) in [6.07, 6.45) is 0.435. The number of benzene rings is 1. The number of halogens is 3. The van der Waals surface area contributed by atoms with E-state index in [2.05, 4.69) is 20.3 Å². The zero-order valence-electron chi connectivity index (χ0n) is 17.2. The highest BCUT2D eigenvalue weighted by Gasteiger charge is 2.39. The number of hydrogen-bond donors (Lipinski definition) is 1. The number of aromatic nitrogens is 5. The molecule has 1 N–H and O–H groups in total. The van der Waals surface area contributed by atoms with Crippen LogP contribution >= 0.6 is 0 Å². The van der Waals surface area contributed by atoms with Crippen LogP contribution in [0.2, 0.25) is 0 Å². The van der Waals surface area contributed by atoms with Gasteiger partial charge in [0.05, 0.1) is 5.56 Å². The fourth-order valence-electron chi connectivity index (χ4n) is 4.37. The summed E-state index contributed by atoms with van der Waals surface area (Å²) in [7, 11) is 0. The van der Waals surface area contributed by atoms with Gasteiger partial charge in [-0.25, -0.2) is 0 Å². The second-order valence-corrected chi connectivity index (χ2v) is 8.06. The van der Waals surface area contributed by atoms with Crippen molar-refractivity contribution in [2.24, 2.45) is 0 Å². The quantitative estimate of drug-likeness (QED) is 0.475. The van der Waals surface area contributed by atoms with Crippen LogP contribution in [-0.4, -0.2) is 24.8 Å². The van der Waals surface area contributed by atoms with Gasteiger partial charge in [-0.2, -0.15) is 22.8 Å². The number of nitrogens with one attached hydrogen (secondary N) is 1. The lowest BCUT2D eigenvalue weighted by Gasteiger charge is -2.17. The summed E-state index contributed by atoms with van der Waals surface area (Å²) in [5.41, 5.74) is -1.46. The number of aryl methyl sites for hydroxylation is 1. The van der Waals surface area contributed by atoms with E-state index >= 15 is 0 Å². The van der Waals surface area contributed by atoms with Crippen molar-refractivity contribution in [3.63, 3.8) is 0 Å². The van der Waals surface area contributed by atoms with Crippen molar-refractivity contribution in [3.8, 4) is 22.6 Å². The zero-order chi connectivity index (χ0) is 22.5. The number of H-pyrrole nitrogens is 1. The van der Waals surface area contributed by atoms with Crippen molar-refractivity contribution in [2.45, 2.75) is 51.1 Å². The Morgan fingerprint density at radius 2 is 1.78 bits per heavy atom. The molecule has 0 bridgehead atoms. The van der Waals surface area contributed by atoms with E-state index in [4.69, 9.17) is 4.42 Å². The van der Waals surface area contributed by atoms with E-state index in [0.29, 0.717) is 17.1 Å². The lowest BCUT2D eigenvalue weighted by molar-refractivity contribution is -0.140. The van der Waals surface area contributed by atoms with Crippen molar-refractivity contribution in [1.82, 2.24) is 24.8 Å². The molecule has 0 amide bonds. The topological polar surface area (TPSA) is 89.1 Å². The number of fused-ring (bicyclic) bond motifs is 1. The van der Waals surface area contributed by atoms with Crippen LogP contribution < -0.4 is 5.56 Å². The standard InChI is InChI=1S/C22H20F3N5O2/c1-12-15(20-28-27-19(32-20)14-10-6-3-7-11-14)21(31)30-18(26-12)16(13-8-4-2-5-9-13)17(29-30)22(23,24)25/h2,4-5,8-9,14,26H,3,6-7,10-11H2,1H3. The third-order valence-corrected chi connectivity index (χ3v) is 5.91. The van der Waals surface area contributed by atoms with Crippen molar-refractivity contribution in [2.75, 3.05) is 0 Å². The molecule has 1 aliphatic carbocycles. The minimum absolute atomic E-state index is 0.0166. The maximum Gasteiger partial charge on any atom is 0.435 e. The summed E-state index contributed by atoms with van der Waals surface area (Å²) in [5.74, 6) is 0.580. The molecule has 32 heavy (non-hydrogen) atoms. The Morgan fingerprint density at radius 3 is 2.47 bits per heavy atom. The Kier molecular flexibility index (Phi) is 4.87. The Morgan fingerprint density at radius 1 is 1.06 bits per heavy atom. The van der Waals surface area contributed by atoms with E-state index in [0.717, 1.165) is 36.6 Å². The van der Waals surface area contributed by atoms with Gasteiger partial charge < -0.3 is 9.40 Å². The molecule has 1 aliphatic rings. The predicted molar refractivity (Wildman–Crippen MR) is 110 cm³/mol. The summed E-state index contributed by atoms with van der Waals surface area (Å²) in [6.45, 7) is 1.59. The second kappa shape index (κ2) is 7.61. The molecule has 5 rings (SSSR count). The monoisotopic (exact) mass is 443 g/mol. The van der Waals surface area contributed by atoms with Gasteiger partial charge >= 0.3 is 6.18 Å². The molecule has 0 aliphatic heterocycles. The molecular weight excluding hydrogens is 423 g/mol. The number of nitrogens with zero attached hydrogens (tertiary/aromatic N) is 4. The molecule has 4 aromatic rings. The molecule has 1 fully saturated rings. The largest absolute Gasteiger partial charge is 0.435 e. The van der Waals surface area contributed by atoms with Gasteiger partial charge in [0.25, 0.3) is 11.4 Å². The van der Waals surface area contributed by atoms with Gasteiger partial charge in [0, 0.05) is 11.6 Å². The van der Waals surface area contributed by atoms with Crippen molar-refractivity contribution in [3.05, 3.63) is 58.0 Å². The highest BCUT2D eigenvalue weighted by molar-refractivity contribution is 5.81. The molecule has 0 atom stereocenters. The molecule has 166 valence electrons. The summed E-state index contributed by atoms with van der Waals surface area (Å²) < 4.78 is 48.0. The number of hydrogen-bond acceptors (Lipinski definition) is 5. The Bertz CT molecular complexity index is 1330. The molecule has 0 radical (unpaired) electrons. The van der Waals surface area contributed by atoms with Gasteiger partial charge in [-0.1, -0.05) is 49.6 Å². The zero-order valence-corrected chi connectivity index (χ0v) is 17.2. The first-order chi connectivity index (χ1) is 15.3. The first-order valence-corrected chi connectivity index (χ1v) is 10.5. The minimum Gasteiger partial charge on any atom is -0.420 e. The number of rotatable bonds is 3. The highest BCUT2D eigenvalue weighted by atomic mass is 19.4. The Labute approximate surface area is 180 Å². The van der Waals surface area contributed by atoms with Crippen LogP contribution in [0.3, 0.4) is 0 Å². The van der Waals surface area contributed by atoms with E-state index < -0.39 is 17.4 Å². The fraction of sp³-hybridized carbons (Fsp3) is 0.364. The first kappa shape index (κ1) is 20.5. The van der Waals surface area contributed by atoms with Gasteiger partial charge in [-0.15, -0.1) is 10.2 Å². The van der Waals surface area contributed by atoms with Gasteiger partial charge in [0.2, 0.25) is 5.89 Å². The third-order valence-electron chi connectivity index (χ3n) is 5.91. The smallest absolute Gasteiger partial charge is 0.420 e. The fourth-order valence-corrected chi connectivity index (χ4v) is 4.37. The van der Waals surface area contributed by atoms with Gasteiger partial charge in [-0.05, 0) is 25.3 Å². The second-order valence-electron chi connectivity index (χ2n) is 8.06. The Balaban J connectivity index is 1.69. The normalized spacial score (nSPS) is 15.5. The van der Waals surface area contributed by atoms with Crippen LogP contribution in [0.25, 0.3) is 28.2 Å². The number of aromatic amines is 1. The summed E-state index contributed by atoms with van der Waals surface area (Å²) >= 11 is 0. The van der Waals surface area contributed by atoms with E-state index in [-0.39, 0.29) is 28.6 Å². The molecular formula is C22H20F3N5O2. The molecule has 3 heterocycles. The van der Waals surface area contributed by atoms with Crippen LogP contribution in [-0.2, 0) is 6.18 Å². The van der Waals surface area contributed by atoms with Crippen LogP contribution in [0.5, 0.6) is 0 Å². The molecule has 1 aromatic carbocycles. The number of alkyl halides is 3. The molecule has 0 saturated heterocycles. The Hall–Kier alpha value is -3.43. The maximum atomic E-state index is 13.8. The van der Waals surface area contributed by atoms with Crippen LogP contribution in [0, 0.1) is 6.92 Å². The first-order valence-electron chi connectivity index (χ1n) is 10.5. The van der Waals surface area contributed by atoms with Crippen LogP contribution in [0.4, 0.5) is 13.2 Å². The summed E-state index contributed by atoms with van der Waals surface area (Å²) in [4.78, 5) is 16.2.